The molecule has 106 valence electrons. The van der Waals surface area contributed by atoms with E-state index in [1.165, 1.54) is 30.5 Å². The van der Waals surface area contributed by atoms with Crippen molar-refractivity contribution in [1.29, 1.82) is 0 Å². The normalized spacial score (nSPS) is 11.1. The average molecular weight is 295 g/mol. The molecule has 0 radical (unpaired) electrons. The molecule has 0 saturated heterocycles. The molecule has 0 unspecified atom stereocenters. The summed E-state index contributed by atoms with van der Waals surface area (Å²) in [6.07, 6.45) is 0. The van der Waals surface area contributed by atoms with E-state index >= 15 is 0 Å². The van der Waals surface area contributed by atoms with Crippen LogP contribution in [0.5, 0.6) is 0 Å². The fourth-order valence-corrected chi connectivity index (χ4v) is 1.80. The van der Waals surface area contributed by atoms with Gasteiger partial charge in [0, 0.05) is 11.1 Å². The van der Waals surface area contributed by atoms with Crippen molar-refractivity contribution in [3.05, 3.63) is 57.7 Å². The van der Waals surface area contributed by atoms with Crippen molar-refractivity contribution in [2.75, 3.05) is 0 Å². The zero-order chi connectivity index (χ0) is 15.3. The predicted octanol–water partition coefficient (Wildman–Crippen LogP) is 3.06. The first-order chi connectivity index (χ1) is 9.31. The van der Waals surface area contributed by atoms with E-state index in [-0.39, 0.29) is 16.4 Å². The lowest BCUT2D eigenvalue weighted by Crippen LogP contribution is -2.20. The van der Waals surface area contributed by atoms with Crippen molar-refractivity contribution >= 4 is 23.6 Å². The first-order valence-electron chi connectivity index (χ1n) is 5.64. The molecule has 0 bridgehead atoms. The summed E-state index contributed by atoms with van der Waals surface area (Å²) in [6, 6.07) is 4.02. The van der Waals surface area contributed by atoms with E-state index in [9.17, 15) is 14.0 Å². The Kier molecular flexibility index (Phi) is 5.52. The fourth-order valence-electron chi connectivity index (χ4n) is 1.22. The van der Waals surface area contributed by atoms with E-state index in [1.54, 1.807) is 6.92 Å². The number of amides is 1. The Labute approximate surface area is 120 Å². The number of carboxylic acids is 1. The number of hydrogen-bond donors (Lipinski definition) is 2. The Morgan fingerprint density at radius 3 is 2.65 bits per heavy atom. The minimum atomic E-state index is -1.04. The van der Waals surface area contributed by atoms with Gasteiger partial charge in [0.05, 0.1) is 5.03 Å². The van der Waals surface area contributed by atoms with Gasteiger partial charge in [0.25, 0.3) is 5.91 Å². The van der Waals surface area contributed by atoms with E-state index in [0.717, 1.165) is 11.8 Å². The summed E-state index contributed by atoms with van der Waals surface area (Å²) in [7, 11) is 0. The van der Waals surface area contributed by atoms with Gasteiger partial charge in [0.15, 0.2) is 0 Å². The molecule has 1 aromatic carbocycles. The van der Waals surface area contributed by atoms with Gasteiger partial charge in [-0.3, -0.25) is 4.79 Å². The topological polar surface area (TPSA) is 66.4 Å². The molecule has 1 rings (SSSR count). The third-order valence-electron chi connectivity index (χ3n) is 2.39. The molecule has 0 saturated carbocycles. The molecule has 6 heteroatoms. The predicted molar refractivity (Wildman–Crippen MR) is 76.7 cm³/mol. The van der Waals surface area contributed by atoms with E-state index < -0.39 is 11.9 Å². The first kappa shape index (κ1) is 16.0. The van der Waals surface area contributed by atoms with Crippen LogP contribution in [-0.2, 0) is 4.79 Å². The van der Waals surface area contributed by atoms with Crippen molar-refractivity contribution in [2.24, 2.45) is 0 Å². The van der Waals surface area contributed by atoms with Crippen molar-refractivity contribution in [2.45, 2.75) is 13.8 Å². The number of carbonyl (C=O) groups excluding carboxylic acids is 1. The molecule has 1 aromatic rings. The molecule has 0 heterocycles. The molecule has 0 atom stereocenters. The number of carboxylic acid groups (broad SMARTS) is 1. The fraction of sp³-hybridized carbons (Fsp3) is 0.143. The monoisotopic (exact) mass is 295 g/mol. The molecule has 0 aromatic heterocycles. The molecular formula is C14H14FNO3S. The summed E-state index contributed by atoms with van der Waals surface area (Å²) in [6.45, 7) is 6.61. The summed E-state index contributed by atoms with van der Waals surface area (Å²) in [5, 5.41) is 12.8. The first-order valence-corrected chi connectivity index (χ1v) is 6.52. The van der Waals surface area contributed by atoms with Crippen molar-refractivity contribution in [1.82, 2.24) is 5.32 Å². The zero-order valence-corrected chi connectivity index (χ0v) is 11.9. The van der Waals surface area contributed by atoms with E-state index in [4.69, 9.17) is 5.11 Å². The van der Waals surface area contributed by atoms with Crippen LogP contribution in [0.3, 0.4) is 0 Å². The molecule has 0 aliphatic carbocycles. The van der Waals surface area contributed by atoms with E-state index in [1.807, 2.05) is 0 Å². The summed E-state index contributed by atoms with van der Waals surface area (Å²) in [5.41, 5.74) is 0.824. The second-order valence-electron chi connectivity index (χ2n) is 4.07. The largest absolute Gasteiger partial charge is 0.478 e. The van der Waals surface area contributed by atoms with Crippen LogP contribution in [0.15, 0.2) is 40.8 Å². The minimum Gasteiger partial charge on any atom is -0.478 e. The van der Waals surface area contributed by atoms with E-state index in [2.05, 4.69) is 11.9 Å². The van der Waals surface area contributed by atoms with Gasteiger partial charge in [-0.2, -0.15) is 0 Å². The van der Waals surface area contributed by atoms with Gasteiger partial charge < -0.3 is 10.4 Å². The lowest BCUT2D eigenvalue weighted by molar-refractivity contribution is -0.132. The SMILES string of the molecule is C=C(NC(=O)c1ccc(F)c(C)c1)S/C=C(\C)C(=O)O. The standard InChI is InChI=1S/C14H14FNO3S/c1-8-6-11(4-5-12(8)15)13(17)16-10(3)20-7-9(2)14(18)19/h4-7H,3H2,1-2H3,(H,16,17)(H,18,19)/b9-7+. The summed E-state index contributed by atoms with van der Waals surface area (Å²) in [5.74, 6) is -1.84. The molecule has 4 nitrogen and oxygen atoms in total. The highest BCUT2D eigenvalue weighted by atomic mass is 32.2. The minimum absolute atomic E-state index is 0.142. The van der Waals surface area contributed by atoms with Gasteiger partial charge in [0.2, 0.25) is 0 Å². The van der Waals surface area contributed by atoms with Crippen LogP contribution >= 0.6 is 11.8 Å². The molecule has 0 aliphatic rings. The molecule has 1 amide bonds. The highest BCUT2D eigenvalue weighted by molar-refractivity contribution is 8.05. The summed E-state index contributed by atoms with van der Waals surface area (Å²) in [4.78, 5) is 22.4. The van der Waals surface area contributed by atoms with Crippen molar-refractivity contribution in [3.63, 3.8) is 0 Å². The van der Waals surface area contributed by atoms with Crippen molar-refractivity contribution < 1.29 is 19.1 Å². The Morgan fingerprint density at radius 2 is 2.10 bits per heavy atom. The summed E-state index contributed by atoms with van der Waals surface area (Å²) < 4.78 is 13.1. The quantitative estimate of drug-likeness (QED) is 0.819. The Hall–Kier alpha value is -2.08. The van der Waals surface area contributed by atoms with Gasteiger partial charge in [-0.1, -0.05) is 18.3 Å². The van der Waals surface area contributed by atoms with E-state index in [0.29, 0.717) is 11.1 Å². The smallest absolute Gasteiger partial charge is 0.331 e. The second kappa shape index (κ2) is 6.91. The lowest BCUT2D eigenvalue weighted by Gasteiger charge is -2.07. The number of rotatable bonds is 5. The van der Waals surface area contributed by atoms with Gasteiger partial charge >= 0.3 is 5.97 Å². The van der Waals surface area contributed by atoms with Crippen LogP contribution < -0.4 is 5.32 Å². The number of nitrogens with one attached hydrogen (secondary N) is 1. The zero-order valence-electron chi connectivity index (χ0n) is 11.1. The molecule has 20 heavy (non-hydrogen) atoms. The number of halogens is 1. The van der Waals surface area contributed by atoms with Crippen LogP contribution in [0.2, 0.25) is 0 Å². The molecular weight excluding hydrogens is 281 g/mol. The molecule has 0 aliphatic heterocycles. The second-order valence-corrected chi connectivity index (χ2v) is 5.03. The van der Waals surface area contributed by atoms with Gasteiger partial charge in [-0.25, -0.2) is 9.18 Å². The Morgan fingerprint density at radius 1 is 1.45 bits per heavy atom. The van der Waals surface area contributed by atoms with Gasteiger partial charge in [-0.05, 0) is 43.0 Å². The third-order valence-corrected chi connectivity index (χ3v) is 3.25. The maximum absolute atomic E-state index is 13.1. The van der Waals surface area contributed by atoms with Gasteiger partial charge in [-0.15, -0.1) is 0 Å². The molecule has 0 spiro atoms. The van der Waals surface area contributed by atoms with Crippen LogP contribution in [0.25, 0.3) is 0 Å². The maximum Gasteiger partial charge on any atom is 0.331 e. The number of aryl methyl sites for hydroxylation is 1. The van der Waals surface area contributed by atoms with Crippen LogP contribution in [-0.4, -0.2) is 17.0 Å². The number of hydrogen-bond acceptors (Lipinski definition) is 3. The number of thioether (sulfide) groups is 1. The van der Waals surface area contributed by atoms with Crippen molar-refractivity contribution in [3.8, 4) is 0 Å². The highest BCUT2D eigenvalue weighted by Crippen LogP contribution is 2.16. The number of aliphatic carboxylic acids is 1. The summed E-state index contributed by atoms with van der Waals surface area (Å²) >= 11 is 1.000. The average Bonchev–Trinajstić information content (AvgIpc) is 2.38. The number of carbonyl (C=O) groups is 2. The number of benzene rings is 1. The van der Waals surface area contributed by atoms with Crippen LogP contribution in [0, 0.1) is 12.7 Å². The van der Waals surface area contributed by atoms with Gasteiger partial charge in [0.1, 0.15) is 5.82 Å². The molecule has 0 fully saturated rings. The van der Waals surface area contributed by atoms with Crippen LogP contribution in [0.1, 0.15) is 22.8 Å². The molecule has 2 N–H and O–H groups in total. The maximum atomic E-state index is 13.1. The highest BCUT2D eigenvalue weighted by Gasteiger charge is 2.09. The lowest BCUT2D eigenvalue weighted by atomic mass is 10.1. The Bertz CT molecular complexity index is 596. The Balaban J connectivity index is 2.66. The van der Waals surface area contributed by atoms with Crippen LogP contribution in [0.4, 0.5) is 4.39 Å². The third kappa shape index (κ3) is 4.55.